The molecule has 8 nitrogen and oxygen atoms in total. The summed E-state index contributed by atoms with van der Waals surface area (Å²) < 4.78 is 11.1. The standard InChI is InChI=1S/C28H40N4O4S/c1-5-35-27(34)20-10-9-15-32(17-20)26(33)24-14-13-22(36-24)18-37-28-29-23(19(2)3)16-25(30-28)31(4)21-11-7-6-8-12-21/h13-14,16,19-21H,5-12,15,17-18H2,1-4H3. The zero-order valence-corrected chi connectivity index (χ0v) is 23.4. The van der Waals surface area contributed by atoms with Crippen LogP contribution in [0.1, 0.15) is 93.6 Å². The number of ether oxygens (including phenoxy) is 1. The number of likely N-dealkylation sites (tertiary alicyclic amines) is 1. The van der Waals surface area contributed by atoms with Gasteiger partial charge in [-0.15, -0.1) is 0 Å². The first-order chi connectivity index (χ1) is 17.9. The van der Waals surface area contributed by atoms with Crippen LogP contribution in [0.5, 0.6) is 0 Å². The highest BCUT2D eigenvalue weighted by Crippen LogP contribution is 2.30. The SMILES string of the molecule is CCOC(=O)C1CCCN(C(=O)c2ccc(CSc3nc(C(C)C)cc(N(C)C4CCCCC4)n3)o2)C1. The highest BCUT2D eigenvalue weighted by molar-refractivity contribution is 7.98. The third-order valence-corrected chi connectivity index (χ3v) is 8.20. The lowest BCUT2D eigenvalue weighted by Gasteiger charge is -2.32. The Morgan fingerprint density at radius 2 is 1.95 bits per heavy atom. The molecule has 37 heavy (non-hydrogen) atoms. The van der Waals surface area contributed by atoms with E-state index in [1.165, 1.54) is 43.9 Å². The third-order valence-electron chi connectivity index (χ3n) is 7.33. The van der Waals surface area contributed by atoms with Gasteiger partial charge in [-0.25, -0.2) is 9.97 Å². The van der Waals surface area contributed by atoms with Crippen molar-refractivity contribution in [1.29, 1.82) is 0 Å². The van der Waals surface area contributed by atoms with Crippen LogP contribution in [-0.2, 0) is 15.3 Å². The van der Waals surface area contributed by atoms with E-state index in [0.29, 0.717) is 48.9 Å². The Morgan fingerprint density at radius 3 is 2.68 bits per heavy atom. The highest BCUT2D eigenvalue weighted by atomic mass is 32.2. The molecule has 202 valence electrons. The van der Waals surface area contributed by atoms with Crippen molar-refractivity contribution in [3.8, 4) is 0 Å². The third kappa shape index (κ3) is 7.06. The highest BCUT2D eigenvalue weighted by Gasteiger charge is 2.31. The molecular weight excluding hydrogens is 488 g/mol. The van der Waals surface area contributed by atoms with Crippen LogP contribution in [0.4, 0.5) is 5.82 Å². The van der Waals surface area contributed by atoms with Gasteiger partial charge in [0, 0.05) is 37.9 Å². The lowest BCUT2D eigenvalue weighted by molar-refractivity contribution is -0.149. The molecule has 2 aromatic rings. The molecule has 1 saturated carbocycles. The number of carbonyl (C=O) groups excluding carboxylic acids is 2. The summed E-state index contributed by atoms with van der Waals surface area (Å²) in [6.07, 6.45) is 7.82. The molecule has 0 radical (unpaired) electrons. The number of nitrogens with zero attached hydrogens (tertiary/aromatic N) is 4. The molecule has 1 aliphatic carbocycles. The molecule has 1 atom stereocenters. The van der Waals surface area contributed by atoms with E-state index in [-0.39, 0.29) is 17.8 Å². The van der Waals surface area contributed by atoms with E-state index < -0.39 is 0 Å². The molecule has 0 bridgehead atoms. The van der Waals surface area contributed by atoms with Crippen molar-refractivity contribution in [2.24, 2.45) is 5.92 Å². The molecule has 1 saturated heterocycles. The Labute approximate surface area is 224 Å². The zero-order valence-electron chi connectivity index (χ0n) is 22.6. The van der Waals surface area contributed by atoms with Gasteiger partial charge in [-0.2, -0.15) is 0 Å². The van der Waals surface area contributed by atoms with Gasteiger partial charge in [0.15, 0.2) is 10.9 Å². The minimum absolute atomic E-state index is 0.181. The quantitative estimate of drug-likeness (QED) is 0.234. The van der Waals surface area contributed by atoms with Gasteiger partial charge in [0.25, 0.3) is 5.91 Å². The minimum Gasteiger partial charge on any atom is -0.466 e. The summed E-state index contributed by atoms with van der Waals surface area (Å²) in [6.45, 7) is 7.44. The number of anilines is 1. The van der Waals surface area contributed by atoms with Crippen LogP contribution in [-0.4, -0.2) is 59.5 Å². The second-order valence-corrected chi connectivity index (χ2v) is 11.3. The lowest BCUT2D eigenvalue weighted by Crippen LogP contribution is -2.42. The summed E-state index contributed by atoms with van der Waals surface area (Å²) in [5.74, 6) is 2.14. The van der Waals surface area contributed by atoms with Crippen LogP contribution in [0.3, 0.4) is 0 Å². The number of hydrogen-bond donors (Lipinski definition) is 0. The number of rotatable bonds is 9. The molecule has 3 heterocycles. The summed E-state index contributed by atoms with van der Waals surface area (Å²) >= 11 is 1.52. The van der Waals surface area contributed by atoms with Gasteiger partial charge >= 0.3 is 5.97 Å². The molecule has 2 aromatic heterocycles. The van der Waals surface area contributed by atoms with Crippen LogP contribution >= 0.6 is 11.8 Å². The number of piperidine rings is 1. The maximum absolute atomic E-state index is 13.0. The molecule has 0 N–H and O–H groups in total. The van der Waals surface area contributed by atoms with E-state index in [0.717, 1.165) is 29.5 Å². The van der Waals surface area contributed by atoms with Crippen LogP contribution in [0, 0.1) is 5.92 Å². The van der Waals surface area contributed by atoms with Crippen molar-refractivity contribution in [2.75, 3.05) is 31.6 Å². The molecule has 4 rings (SSSR count). The Morgan fingerprint density at radius 1 is 1.16 bits per heavy atom. The first-order valence-electron chi connectivity index (χ1n) is 13.6. The maximum atomic E-state index is 13.0. The number of amides is 1. The Hall–Kier alpha value is -2.55. The molecule has 1 aliphatic heterocycles. The van der Waals surface area contributed by atoms with Crippen LogP contribution in [0.25, 0.3) is 0 Å². The van der Waals surface area contributed by atoms with Gasteiger partial charge in [-0.3, -0.25) is 9.59 Å². The smallest absolute Gasteiger partial charge is 0.310 e. The van der Waals surface area contributed by atoms with E-state index in [1.807, 2.05) is 6.07 Å². The number of hydrogen-bond acceptors (Lipinski definition) is 8. The fourth-order valence-corrected chi connectivity index (χ4v) is 5.86. The second-order valence-electron chi connectivity index (χ2n) is 10.4. The summed E-state index contributed by atoms with van der Waals surface area (Å²) in [5, 5.41) is 0.724. The molecular formula is C28H40N4O4S. The topological polar surface area (TPSA) is 88.8 Å². The Balaban J connectivity index is 1.40. The number of esters is 1. The Bertz CT molecular complexity index is 1070. The Kier molecular flexibility index (Phi) is 9.51. The van der Waals surface area contributed by atoms with E-state index in [2.05, 4.69) is 31.9 Å². The van der Waals surface area contributed by atoms with E-state index in [4.69, 9.17) is 19.1 Å². The van der Waals surface area contributed by atoms with Gasteiger partial charge in [0.1, 0.15) is 11.6 Å². The van der Waals surface area contributed by atoms with Crippen LogP contribution in [0.15, 0.2) is 27.8 Å². The fraction of sp³-hybridized carbons (Fsp3) is 0.643. The second kappa shape index (κ2) is 12.8. The first kappa shape index (κ1) is 27.5. The summed E-state index contributed by atoms with van der Waals surface area (Å²) in [4.78, 5) is 38.9. The van der Waals surface area contributed by atoms with E-state index in [9.17, 15) is 9.59 Å². The molecule has 0 aromatic carbocycles. The maximum Gasteiger partial charge on any atom is 0.310 e. The van der Waals surface area contributed by atoms with Crippen molar-refractivity contribution in [3.63, 3.8) is 0 Å². The number of thioether (sulfide) groups is 1. The van der Waals surface area contributed by atoms with Crippen molar-refractivity contribution < 1.29 is 18.7 Å². The van der Waals surface area contributed by atoms with Gasteiger partial charge in [0.05, 0.1) is 18.3 Å². The summed E-state index contributed by atoms with van der Waals surface area (Å²) in [7, 11) is 2.15. The monoisotopic (exact) mass is 528 g/mol. The van der Waals surface area contributed by atoms with Gasteiger partial charge in [0.2, 0.25) is 0 Å². The normalized spacial score (nSPS) is 18.7. The van der Waals surface area contributed by atoms with Crippen molar-refractivity contribution >= 4 is 29.5 Å². The largest absolute Gasteiger partial charge is 0.466 e. The van der Waals surface area contributed by atoms with Crippen molar-refractivity contribution in [1.82, 2.24) is 14.9 Å². The van der Waals surface area contributed by atoms with Gasteiger partial charge in [-0.1, -0.05) is 44.9 Å². The predicted molar refractivity (Wildman–Crippen MR) is 145 cm³/mol. The number of aromatic nitrogens is 2. The van der Waals surface area contributed by atoms with E-state index in [1.54, 1.807) is 17.9 Å². The molecule has 2 aliphatic rings. The molecule has 9 heteroatoms. The molecule has 2 fully saturated rings. The average molecular weight is 529 g/mol. The van der Waals surface area contributed by atoms with Gasteiger partial charge in [-0.05, 0) is 50.7 Å². The fourth-order valence-electron chi connectivity index (χ4n) is 5.10. The van der Waals surface area contributed by atoms with Crippen molar-refractivity contribution in [3.05, 3.63) is 35.4 Å². The lowest BCUT2D eigenvalue weighted by atomic mass is 9.94. The number of carbonyl (C=O) groups is 2. The van der Waals surface area contributed by atoms with Gasteiger partial charge < -0.3 is 19.0 Å². The first-order valence-corrected chi connectivity index (χ1v) is 14.6. The van der Waals surface area contributed by atoms with E-state index >= 15 is 0 Å². The number of furan rings is 1. The molecule has 1 unspecified atom stereocenters. The van der Waals surface area contributed by atoms with Crippen LogP contribution in [0.2, 0.25) is 0 Å². The average Bonchev–Trinajstić information content (AvgIpc) is 3.40. The molecule has 0 spiro atoms. The summed E-state index contributed by atoms with van der Waals surface area (Å²) in [6, 6.07) is 6.21. The summed E-state index contributed by atoms with van der Waals surface area (Å²) in [5.41, 5.74) is 1.03. The predicted octanol–water partition coefficient (Wildman–Crippen LogP) is 5.67. The van der Waals surface area contributed by atoms with Crippen LogP contribution < -0.4 is 4.90 Å². The minimum atomic E-state index is -0.269. The zero-order chi connectivity index (χ0) is 26.4. The molecule has 1 amide bonds. The van der Waals surface area contributed by atoms with Crippen molar-refractivity contribution in [2.45, 2.75) is 88.6 Å².